The summed E-state index contributed by atoms with van der Waals surface area (Å²) in [7, 11) is 0. The Morgan fingerprint density at radius 2 is 1.50 bits per heavy atom. The first-order valence-electron chi connectivity index (χ1n) is 9.23. The van der Waals surface area contributed by atoms with Crippen molar-refractivity contribution in [1.82, 2.24) is 16.0 Å². The van der Waals surface area contributed by atoms with Gasteiger partial charge in [0.2, 0.25) is 11.8 Å². The maximum atomic E-state index is 13.8. The number of carbonyl (C=O) groups is 2. The molecule has 1 fully saturated rings. The number of benzene rings is 2. The molecule has 1 saturated heterocycles. The van der Waals surface area contributed by atoms with E-state index in [0.29, 0.717) is 30.6 Å². The van der Waals surface area contributed by atoms with Crippen LogP contribution in [0.15, 0.2) is 48.5 Å². The van der Waals surface area contributed by atoms with Crippen molar-refractivity contribution in [3.63, 3.8) is 0 Å². The second-order valence-electron chi connectivity index (χ2n) is 7.03. The molecular weight excluding hydrogens is 364 g/mol. The van der Waals surface area contributed by atoms with Gasteiger partial charge in [0, 0.05) is 37.2 Å². The Morgan fingerprint density at radius 1 is 0.929 bits per heavy atom. The second kappa shape index (κ2) is 8.93. The van der Waals surface area contributed by atoms with Crippen LogP contribution in [0, 0.1) is 17.0 Å². The summed E-state index contributed by atoms with van der Waals surface area (Å²) in [4.78, 5) is 25.2. The minimum Gasteiger partial charge on any atom is -0.352 e. The van der Waals surface area contributed by atoms with Gasteiger partial charge in [-0.05, 0) is 25.1 Å². The number of amides is 2. The molecule has 0 aromatic heterocycles. The lowest BCUT2D eigenvalue weighted by Crippen LogP contribution is -2.45. The molecule has 0 saturated carbocycles. The lowest BCUT2D eigenvalue weighted by molar-refractivity contribution is -0.135. The van der Waals surface area contributed by atoms with Crippen molar-refractivity contribution in [1.29, 1.82) is 0 Å². The summed E-state index contributed by atoms with van der Waals surface area (Å²) < 4.78 is 27.4. The Kier molecular flexibility index (Phi) is 6.36. The SMILES string of the molecule is O=C(CC1(C(=O)NCc2ccccc2F)CCNC1)NCc1ccccc1F. The molecule has 2 aromatic rings. The third-order valence-electron chi connectivity index (χ3n) is 5.06. The number of hydrogen-bond donors (Lipinski definition) is 3. The van der Waals surface area contributed by atoms with E-state index in [9.17, 15) is 18.4 Å². The molecule has 1 unspecified atom stereocenters. The van der Waals surface area contributed by atoms with Gasteiger partial charge >= 0.3 is 0 Å². The molecule has 3 rings (SSSR count). The highest BCUT2D eigenvalue weighted by molar-refractivity contribution is 5.89. The summed E-state index contributed by atoms with van der Waals surface area (Å²) in [6.45, 7) is 1.10. The highest BCUT2D eigenvalue weighted by atomic mass is 19.1. The van der Waals surface area contributed by atoms with Gasteiger partial charge in [-0.25, -0.2) is 8.78 Å². The summed E-state index contributed by atoms with van der Waals surface area (Å²) in [6, 6.07) is 12.4. The normalized spacial score (nSPS) is 18.6. The van der Waals surface area contributed by atoms with Crippen molar-refractivity contribution >= 4 is 11.8 Å². The van der Waals surface area contributed by atoms with Gasteiger partial charge in [0.15, 0.2) is 0 Å². The van der Waals surface area contributed by atoms with E-state index < -0.39 is 5.41 Å². The molecule has 28 heavy (non-hydrogen) atoms. The van der Waals surface area contributed by atoms with Crippen molar-refractivity contribution in [3.8, 4) is 0 Å². The van der Waals surface area contributed by atoms with E-state index in [1.54, 1.807) is 36.4 Å². The fourth-order valence-electron chi connectivity index (χ4n) is 3.38. The average molecular weight is 387 g/mol. The average Bonchev–Trinajstić information content (AvgIpc) is 3.16. The number of carbonyl (C=O) groups excluding carboxylic acids is 2. The van der Waals surface area contributed by atoms with Crippen LogP contribution in [-0.4, -0.2) is 24.9 Å². The van der Waals surface area contributed by atoms with E-state index in [2.05, 4.69) is 16.0 Å². The smallest absolute Gasteiger partial charge is 0.228 e. The second-order valence-corrected chi connectivity index (χ2v) is 7.03. The van der Waals surface area contributed by atoms with Gasteiger partial charge in [0.05, 0.1) is 5.41 Å². The predicted octanol–water partition coefficient (Wildman–Crippen LogP) is 2.27. The number of nitrogens with one attached hydrogen (secondary N) is 3. The number of hydrogen-bond acceptors (Lipinski definition) is 3. The largest absolute Gasteiger partial charge is 0.352 e. The zero-order valence-corrected chi connectivity index (χ0v) is 15.4. The van der Waals surface area contributed by atoms with Crippen LogP contribution in [0.3, 0.4) is 0 Å². The molecule has 0 spiro atoms. The number of halogens is 2. The minimum absolute atomic E-state index is 0.0163. The van der Waals surface area contributed by atoms with Gasteiger partial charge in [0.1, 0.15) is 11.6 Å². The summed E-state index contributed by atoms with van der Waals surface area (Å²) in [5.74, 6) is -1.39. The van der Waals surface area contributed by atoms with Gasteiger partial charge in [-0.1, -0.05) is 36.4 Å². The number of rotatable bonds is 7. The lowest BCUT2D eigenvalue weighted by atomic mass is 9.82. The van der Waals surface area contributed by atoms with Gasteiger partial charge in [-0.2, -0.15) is 0 Å². The molecule has 1 atom stereocenters. The molecular formula is C21H23F2N3O2. The maximum absolute atomic E-state index is 13.8. The Labute approximate surface area is 162 Å². The van der Waals surface area contributed by atoms with Crippen molar-refractivity contribution < 1.29 is 18.4 Å². The molecule has 0 radical (unpaired) electrons. The van der Waals surface area contributed by atoms with Gasteiger partial charge in [-0.15, -0.1) is 0 Å². The fourth-order valence-corrected chi connectivity index (χ4v) is 3.38. The monoisotopic (exact) mass is 387 g/mol. The lowest BCUT2D eigenvalue weighted by Gasteiger charge is -2.26. The standard InChI is InChI=1S/C21H23F2N3O2/c22-17-7-3-1-5-15(17)12-25-19(27)11-21(9-10-24-14-21)20(28)26-13-16-6-2-4-8-18(16)23/h1-8,24H,9-14H2,(H,25,27)(H,26,28). The zero-order valence-electron chi connectivity index (χ0n) is 15.4. The van der Waals surface area contributed by atoms with E-state index >= 15 is 0 Å². The van der Waals surface area contributed by atoms with Crippen molar-refractivity contribution in [2.24, 2.45) is 5.41 Å². The summed E-state index contributed by atoms with van der Waals surface area (Å²) in [6.07, 6.45) is 0.487. The minimum atomic E-state index is -0.898. The molecule has 1 heterocycles. The molecule has 7 heteroatoms. The molecule has 2 amide bonds. The van der Waals surface area contributed by atoms with Crippen LogP contribution in [0.4, 0.5) is 8.78 Å². The topological polar surface area (TPSA) is 70.2 Å². The maximum Gasteiger partial charge on any atom is 0.228 e. The first-order valence-corrected chi connectivity index (χ1v) is 9.23. The van der Waals surface area contributed by atoms with Crippen molar-refractivity contribution in [3.05, 3.63) is 71.3 Å². The van der Waals surface area contributed by atoms with Gasteiger partial charge < -0.3 is 16.0 Å². The van der Waals surface area contributed by atoms with E-state index in [0.717, 1.165) is 0 Å². The first kappa shape index (κ1) is 19.9. The summed E-state index contributed by atoms with van der Waals surface area (Å²) in [5, 5.41) is 8.55. The van der Waals surface area contributed by atoms with E-state index in [4.69, 9.17) is 0 Å². The third-order valence-corrected chi connectivity index (χ3v) is 5.06. The molecule has 1 aliphatic heterocycles. The fraction of sp³-hybridized carbons (Fsp3) is 0.333. The summed E-state index contributed by atoms with van der Waals surface area (Å²) >= 11 is 0. The molecule has 2 aromatic carbocycles. The van der Waals surface area contributed by atoms with Crippen molar-refractivity contribution in [2.75, 3.05) is 13.1 Å². The zero-order chi connectivity index (χ0) is 20.0. The van der Waals surface area contributed by atoms with Crippen LogP contribution in [0.5, 0.6) is 0 Å². The van der Waals surface area contributed by atoms with Crippen LogP contribution >= 0.6 is 0 Å². The molecule has 1 aliphatic rings. The molecule has 148 valence electrons. The first-order chi connectivity index (χ1) is 13.5. The van der Waals surface area contributed by atoms with Crippen LogP contribution in [-0.2, 0) is 22.7 Å². The van der Waals surface area contributed by atoms with Crippen LogP contribution in [0.2, 0.25) is 0 Å². The quantitative estimate of drug-likeness (QED) is 0.683. The van der Waals surface area contributed by atoms with Gasteiger partial charge in [-0.3, -0.25) is 9.59 Å². The molecule has 5 nitrogen and oxygen atoms in total. The van der Waals surface area contributed by atoms with Crippen LogP contribution < -0.4 is 16.0 Å². The van der Waals surface area contributed by atoms with Crippen molar-refractivity contribution in [2.45, 2.75) is 25.9 Å². The molecule has 0 bridgehead atoms. The Morgan fingerprint density at radius 3 is 2.04 bits per heavy atom. The van der Waals surface area contributed by atoms with Crippen LogP contribution in [0.25, 0.3) is 0 Å². The summed E-state index contributed by atoms with van der Waals surface area (Å²) in [5.41, 5.74) is -0.121. The predicted molar refractivity (Wildman–Crippen MR) is 101 cm³/mol. The third kappa shape index (κ3) is 4.72. The Bertz CT molecular complexity index is 851. The van der Waals surface area contributed by atoms with Crippen LogP contribution in [0.1, 0.15) is 24.0 Å². The van der Waals surface area contributed by atoms with Gasteiger partial charge in [0.25, 0.3) is 0 Å². The van der Waals surface area contributed by atoms with E-state index in [1.165, 1.54) is 12.1 Å². The molecule has 3 N–H and O–H groups in total. The van der Waals surface area contributed by atoms with E-state index in [1.807, 2.05) is 0 Å². The Hall–Kier alpha value is -2.80. The highest BCUT2D eigenvalue weighted by Crippen LogP contribution is 2.30. The highest BCUT2D eigenvalue weighted by Gasteiger charge is 2.42. The molecule has 0 aliphatic carbocycles. The Balaban J connectivity index is 1.59. The van der Waals surface area contributed by atoms with E-state index in [-0.39, 0.29) is 43.0 Å².